The molecular formula is C48H30N2S. The summed E-state index contributed by atoms with van der Waals surface area (Å²) in [5.74, 6) is 0.709. The number of rotatable bonds is 5. The van der Waals surface area contributed by atoms with E-state index in [4.69, 9.17) is 9.97 Å². The minimum Gasteiger partial charge on any atom is -0.228 e. The minimum absolute atomic E-state index is 0.709. The van der Waals surface area contributed by atoms with Crippen LogP contribution in [0.4, 0.5) is 0 Å². The topological polar surface area (TPSA) is 25.8 Å². The van der Waals surface area contributed by atoms with E-state index in [1.54, 1.807) is 0 Å². The van der Waals surface area contributed by atoms with Gasteiger partial charge in [0.25, 0.3) is 0 Å². The molecule has 10 rings (SSSR count). The molecule has 0 saturated carbocycles. The lowest BCUT2D eigenvalue weighted by Gasteiger charge is -2.14. The van der Waals surface area contributed by atoms with E-state index in [2.05, 4.69) is 164 Å². The van der Waals surface area contributed by atoms with E-state index >= 15 is 0 Å². The first-order valence-corrected chi connectivity index (χ1v) is 18.0. The number of nitrogens with zero attached hydrogens (tertiary/aromatic N) is 2. The zero-order valence-corrected chi connectivity index (χ0v) is 28.4. The predicted molar refractivity (Wildman–Crippen MR) is 217 cm³/mol. The highest BCUT2D eigenvalue weighted by molar-refractivity contribution is 7.26. The Morgan fingerprint density at radius 2 is 0.922 bits per heavy atom. The van der Waals surface area contributed by atoms with Crippen LogP contribution in [0.5, 0.6) is 0 Å². The normalized spacial score (nSPS) is 11.5. The van der Waals surface area contributed by atoms with Crippen LogP contribution in [-0.2, 0) is 0 Å². The first kappa shape index (κ1) is 29.5. The Bertz CT molecular complexity index is 2920. The third-order valence-electron chi connectivity index (χ3n) is 9.83. The summed E-state index contributed by atoms with van der Waals surface area (Å²) in [5.41, 5.74) is 9.61. The van der Waals surface area contributed by atoms with E-state index in [1.807, 2.05) is 29.5 Å². The molecule has 2 heterocycles. The summed E-state index contributed by atoms with van der Waals surface area (Å²) < 4.78 is 2.60. The molecule has 0 fully saturated rings. The highest BCUT2D eigenvalue weighted by Crippen LogP contribution is 2.42. The van der Waals surface area contributed by atoms with Gasteiger partial charge in [-0.25, -0.2) is 9.97 Å². The lowest BCUT2D eigenvalue weighted by atomic mass is 9.93. The lowest BCUT2D eigenvalue weighted by Crippen LogP contribution is -1.96. The number of hydrogen-bond donors (Lipinski definition) is 0. The molecular weight excluding hydrogens is 637 g/mol. The Morgan fingerprint density at radius 3 is 1.71 bits per heavy atom. The molecule has 0 amide bonds. The molecule has 3 heteroatoms. The van der Waals surface area contributed by atoms with Crippen LogP contribution in [0.15, 0.2) is 182 Å². The molecule has 0 bridgehead atoms. The summed E-state index contributed by atoms with van der Waals surface area (Å²) in [6, 6.07) is 65.2. The van der Waals surface area contributed by atoms with Crippen LogP contribution >= 0.6 is 11.3 Å². The Balaban J connectivity index is 1.23. The first-order chi connectivity index (χ1) is 25.2. The molecule has 0 N–H and O–H groups in total. The van der Waals surface area contributed by atoms with Crippen molar-refractivity contribution in [1.82, 2.24) is 9.97 Å². The van der Waals surface area contributed by atoms with Crippen molar-refractivity contribution in [2.45, 2.75) is 0 Å². The first-order valence-electron chi connectivity index (χ1n) is 17.2. The van der Waals surface area contributed by atoms with Gasteiger partial charge in [0.05, 0.1) is 11.4 Å². The number of thiophene rings is 1. The highest BCUT2D eigenvalue weighted by Gasteiger charge is 2.16. The fourth-order valence-corrected chi connectivity index (χ4v) is 8.49. The molecule has 0 radical (unpaired) electrons. The molecule has 51 heavy (non-hydrogen) atoms. The second kappa shape index (κ2) is 12.2. The molecule has 2 nitrogen and oxygen atoms in total. The van der Waals surface area contributed by atoms with E-state index in [-0.39, 0.29) is 0 Å². The van der Waals surface area contributed by atoms with Crippen LogP contribution in [0.25, 0.3) is 97.9 Å². The third-order valence-corrected chi connectivity index (χ3v) is 11.1. The Morgan fingerprint density at radius 1 is 0.333 bits per heavy atom. The molecule has 0 spiro atoms. The summed E-state index contributed by atoms with van der Waals surface area (Å²) in [7, 11) is 0. The van der Waals surface area contributed by atoms with Crippen LogP contribution < -0.4 is 0 Å². The van der Waals surface area contributed by atoms with Gasteiger partial charge >= 0.3 is 0 Å². The maximum absolute atomic E-state index is 5.27. The van der Waals surface area contributed by atoms with Crippen molar-refractivity contribution in [2.75, 3.05) is 0 Å². The average Bonchev–Trinajstić information content (AvgIpc) is 3.59. The van der Waals surface area contributed by atoms with Crippen molar-refractivity contribution in [3.8, 4) is 56.2 Å². The van der Waals surface area contributed by atoms with Crippen LogP contribution in [0.2, 0.25) is 0 Å². The van der Waals surface area contributed by atoms with Crippen molar-refractivity contribution >= 4 is 53.1 Å². The van der Waals surface area contributed by atoms with Gasteiger partial charge in [0.15, 0.2) is 5.82 Å². The van der Waals surface area contributed by atoms with Gasteiger partial charge in [0, 0.05) is 36.9 Å². The van der Waals surface area contributed by atoms with Gasteiger partial charge in [-0.2, -0.15) is 0 Å². The van der Waals surface area contributed by atoms with Crippen molar-refractivity contribution in [3.05, 3.63) is 182 Å². The zero-order chi connectivity index (χ0) is 33.7. The van der Waals surface area contributed by atoms with Gasteiger partial charge in [-0.15, -0.1) is 11.3 Å². The summed E-state index contributed by atoms with van der Waals surface area (Å²) >= 11 is 1.86. The Kier molecular flexibility index (Phi) is 7.04. The van der Waals surface area contributed by atoms with Gasteiger partial charge < -0.3 is 0 Å². The highest BCUT2D eigenvalue weighted by atomic mass is 32.1. The molecule has 0 saturated heterocycles. The van der Waals surface area contributed by atoms with Gasteiger partial charge in [-0.3, -0.25) is 0 Å². The van der Waals surface area contributed by atoms with Crippen molar-refractivity contribution in [1.29, 1.82) is 0 Å². The van der Waals surface area contributed by atoms with E-state index in [9.17, 15) is 0 Å². The molecule has 8 aromatic carbocycles. The molecule has 0 aliphatic carbocycles. The number of aromatic nitrogens is 2. The van der Waals surface area contributed by atoms with E-state index in [0.717, 1.165) is 33.6 Å². The van der Waals surface area contributed by atoms with Crippen molar-refractivity contribution in [3.63, 3.8) is 0 Å². The van der Waals surface area contributed by atoms with E-state index in [1.165, 1.54) is 58.4 Å². The van der Waals surface area contributed by atoms with Gasteiger partial charge in [0.2, 0.25) is 0 Å². The van der Waals surface area contributed by atoms with Crippen LogP contribution in [0, 0.1) is 0 Å². The fraction of sp³-hybridized carbons (Fsp3) is 0. The summed E-state index contributed by atoms with van der Waals surface area (Å²) in [5, 5.41) is 7.44. The third kappa shape index (κ3) is 5.36. The van der Waals surface area contributed by atoms with Crippen LogP contribution in [0.1, 0.15) is 0 Å². The SMILES string of the molecule is c1ccc(-c2nc(-c3cc(-c4ccc5ccccc5c4)cc(-c4cccc5c4sc4ccccc45)c3)cc(-c3ccc4ccccc4c3)n2)cc1. The molecule has 10 aromatic rings. The predicted octanol–water partition coefficient (Wildman–Crippen LogP) is 13.5. The van der Waals surface area contributed by atoms with E-state index in [0.29, 0.717) is 5.82 Å². The quantitative estimate of drug-likeness (QED) is 0.183. The summed E-state index contributed by atoms with van der Waals surface area (Å²) in [6.45, 7) is 0. The van der Waals surface area contributed by atoms with Gasteiger partial charge in [0.1, 0.15) is 0 Å². The largest absolute Gasteiger partial charge is 0.228 e. The molecule has 0 atom stereocenters. The summed E-state index contributed by atoms with van der Waals surface area (Å²) in [4.78, 5) is 10.4. The average molecular weight is 667 g/mol. The van der Waals surface area contributed by atoms with E-state index < -0.39 is 0 Å². The second-order valence-electron chi connectivity index (χ2n) is 13.0. The smallest absolute Gasteiger partial charge is 0.160 e. The second-order valence-corrected chi connectivity index (χ2v) is 14.1. The molecule has 0 aliphatic rings. The minimum atomic E-state index is 0.709. The van der Waals surface area contributed by atoms with Crippen molar-refractivity contribution < 1.29 is 0 Å². The monoisotopic (exact) mass is 666 g/mol. The van der Waals surface area contributed by atoms with Crippen LogP contribution in [-0.4, -0.2) is 9.97 Å². The molecule has 2 aromatic heterocycles. The molecule has 0 unspecified atom stereocenters. The zero-order valence-electron chi connectivity index (χ0n) is 27.6. The number of hydrogen-bond acceptors (Lipinski definition) is 3. The number of benzene rings is 8. The summed E-state index contributed by atoms with van der Waals surface area (Å²) in [6.07, 6.45) is 0. The Labute approximate surface area is 300 Å². The lowest BCUT2D eigenvalue weighted by molar-refractivity contribution is 1.18. The van der Waals surface area contributed by atoms with Gasteiger partial charge in [-0.1, -0.05) is 140 Å². The standard InChI is InChI=1S/C48H30N2S/c1-2-13-33(14-3-1)48-49-44(37-24-22-32-12-5-7-16-35(32)26-37)30-45(50-48)40-28-38(36-23-21-31-11-4-6-15-34(31)25-36)27-39(29-40)41-18-10-19-43-42-17-8-9-20-46(42)51-47(41)43/h1-30H. The maximum Gasteiger partial charge on any atom is 0.160 e. The molecule has 238 valence electrons. The fourth-order valence-electron chi connectivity index (χ4n) is 7.25. The van der Waals surface area contributed by atoms with Crippen molar-refractivity contribution in [2.24, 2.45) is 0 Å². The number of fused-ring (bicyclic) bond motifs is 5. The van der Waals surface area contributed by atoms with Crippen LogP contribution in [0.3, 0.4) is 0 Å². The maximum atomic E-state index is 5.27. The Hall–Kier alpha value is -6.42. The molecule has 0 aliphatic heterocycles. The van der Waals surface area contributed by atoms with Gasteiger partial charge in [-0.05, 0) is 86.3 Å².